The fraction of sp³-hybridized carbons (Fsp3) is 0.118. The van der Waals surface area contributed by atoms with Gasteiger partial charge in [0.25, 0.3) is 5.88 Å². The third kappa shape index (κ3) is 3.86. The van der Waals surface area contributed by atoms with Gasteiger partial charge in [0.2, 0.25) is 0 Å². The van der Waals surface area contributed by atoms with Crippen LogP contribution in [0.3, 0.4) is 0 Å². The molecule has 0 bridgehead atoms. The summed E-state index contributed by atoms with van der Waals surface area (Å²) in [5.41, 5.74) is 0.599. The third-order valence-electron chi connectivity index (χ3n) is 3.12. The summed E-state index contributed by atoms with van der Waals surface area (Å²) in [6.45, 7) is 2.36. The average molecular weight is 338 g/mol. The summed E-state index contributed by atoms with van der Waals surface area (Å²) in [5, 5.41) is 8.89. The van der Waals surface area contributed by atoms with E-state index in [1.165, 1.54) is 18.6 Å². The van der Waals surface area contributed by atoms with Gasteiger partial charge in [-0.15, -0.1) is 0 Å². The molecule has 25 heavy (non-hydrogen) atoms. The molecule has 8 nitrogen and oxygen atoms in total. The fourth-order valence-corrected chi connectivity index (χ4v) is 2.01. The van der Waals surface area contributed by atoms with Crippen molar-refractivity contribution < 1.29 is 19.4 Å². The highest BCUT2D eigenvalue weighted by atomic mass is 16.5. The molecular formula is C17H14N4O4. The summed E-state index contributed by atoms with van der Waals surface area (Å²) >= 11 is 0. The Bertz CT molecular complexity index is 884. The molecule has 3 aromatic rings. The molecule has 0 saturated heterocycles. The second-order valence-electron chi connectivity index (χ2n) is 4.85. The number of carboxylic acid groups (broad SMARTS) is 1. The van der Waals surface area contributed by atoms with E-state index in [1.54, 1.807) is 30.6 Å². The van der Waals surface area contributed by atoms with Gasteiger partial charge in [0, 0.05) is 30.4 Å². The molecule has 3 rings (SSSR count). The minimum Gasteiger partial charge on any atom is -0.488 e. The number of rotatable bonds is 6. The molecule has 0 saturated carbocycles. The minimum absolute atomic E-state index is 0.0129. The van der Waals surface area contributed by atoms with E-state index in [0.29, 0.717) is 35.4 Å². The van der Waals surface area contributed by atoms with Crippen molar-refractivity contribution in [3.8, 4) is 28.8 Å². The Morgan fingerprint density at radius 3 is 2.68 bits per heavy atom. The minimum atomic E-state index is -1.08. The van der Waals surface area contributed by atoms with Gasteiger partial charge in [-0.2, -0.15) is 0 Å². The topological polar surface area (TPSA) is 107 Å². The SMILES string of the molecule is CCOc1cccnc1Oc1cncc(-c2ncc(C(=O)O)cn2)c1. The van der Waals surface area contributed by atoms with Gasteiger partial charge >= 0.3 is 5.97 Å². The van der Waals surface area contributed by atoms with Crippen LogP contribution in [0, 0.1) is 0 Å². The molecule has 0 aliphatic heterocycles. The fourth-order valence-electron chi connectivity index (χ4n) is 2.01. The number of hydrogen-bond acceptors (Lipinski definition) is 7. The highest BCUT2D eigenvalue weighted by Crippen LogP contribution is 2.29. The molecule has 0 atom stereocenters. The van der Waals surface area contributed by atoms with Crippen molar-refractivity contribution in [3.63, 3.8) is 0 Å². The number of carbonyl (C=O) groups is 1. The molecular weight excluding hydrogens is 324 g/mol. The summed E-state index contributed by atoms with van der Waals surface area (Å²) in [7, 11) is 0. The van der Waals surface area contributed by atoms with Crippen LogP contribution in [0.25, 0.3) is 11.4 Å². The van der Waals surface area contributed by atoms with Gasteiger partial charge in [0.15, 0.2) is 11.6 Å². The summed E-state index contributed by atoms with van der Waals surface area (Å²) < 4.78 is 11.2. The molecule has 0 fully saturated rings. The Kier molecular flexibility index (Phi) is 4.79. The highest BCUT2D eigenvalue weighted by molar-refractivity contribution is 5.86. The van der Waals surface area contributed by atoms with E-state index in [-0.39, 0.29) is 5.56 Å². The van der Waals surface area contributed by atoms with Crippen LogP contribution < -0.4 is 9.47 Å². The van der Waals surface area contributed by atoms with Crippen molar-refractivity contribution >= 4 is 5.97 Å². The van der Waals surface area contributed by atoms with Crippen LogP contribution >= 0.6 is 0 Å². The van der Waals surface area contributed by atoms with E-state index < -0.39 is 5.97 Å². The molecule has 0 spiro atoms. The molecule has 0 aliphatic rings. The zero-order valence-electron chi connectivity index (χ0n) is 13.3. The van der Waals surface area contributed by atoms with Gasteiger partial charge in [-0.1, -0.05) is 0 Å². The molecule has 0 amide bonds. The average Bonchev–Trinajstić information content (AvgIpc) is 2.64. The van der Waals surface area contributed by atoms with E-state index in [9.17, 15) is 4.79 Å². The van der Waals surface area contributed by atoms with Gasteiger partial charge in [0.05, 0.1) is 18.4 Å². The zero-order valence-corrected chi connectivity index (χ0v) is 13.3. The lowest BCUT2D eigenvalue weighted by Crippen LogP contribution is -2.00. The molecule has 0 radical (unpaired) electrons. The summed E-state index contributed by atoms with van der Waals surface area (Å²) in [4.78, 5) is 27.2. The predicted octanol–water partition coefficient (Wildman–Crippen LogP) is 2.82. The second kappa shape index (κ2) is 7.35. The van der Waals surface area contributed by atoms with Crippen molar-refractivity contribution in [2.75, 3.05) is 6.61 Å². The molecule has 126 valence electrons. The van der Waals surface area contributed by atoms with E-state index in [0.717, 1.165) is 0 Å². The Labute approximate surface area is 143 Å². The quantitative estimate of drug-likeness (QED) is 0.731. The summed E-state index contributed by atoms with van der Waals surface area (Å²) in [5.74, 6) is 0.542. The molecule has 0 aromatic carbocycles. The normalized spacial score (nSPS) is 10.3. The summed E-state index contributed by atoms with van der Waals surface area (Å²) in [6.07, 6.45) is 7.17. The Balaban J connectivity index is 1.86. The lowest BCUT2D eigenvalue weighted by molar-refractivity contribution is 0.0696. The molecule has 0 unspecified atom stereocenters. The van der Waals surface area contributed by atoms with Crippen LogP contribution in [0.1, 0.15) is 17.3 Å². The Morgan fingerprint density at radius 1 is 1.16 bits per heavy atom. The van der Waals surface area contributed by atoms with Crippen LogP contribution in [-0.2, 0) is 0 Å². The maximum atomic E-state index is 10.9. The number of aromatic nitrogens is 4. The Morgan fingerprint density at radius 2 is 1.96 bits per heavy atom. The second-order valence-corrected chi connectivity index (χ2v) is 4.85. The van der Waals surface area contributed by atoms with Crippen molar-refractivity contribution in [1.82, 2.24) is 19.9 Å². The van der Waals surface area contributed by atoms with E-state index in [2.05, 4.69) is 19.9 Å². The first kappa shape index (κ1) is 16.3. The third-order valence-corrected chi connectivity index (χ3v) is 3.12. The van der Waals surface area contributed by atoms with Gasteiger partial charge in [0.1, 0.15) is 5.75 Å². The zero-order chi connectivity index (χ0) is 17.6. The van der Waals surface area contributed by atoms with Crippen molar-refractivity contribution in [2.45, 2.75) is 6.92 Å². The number of pyridine rings is 2. The smallest absolute Gasteiger partial charge is 0.338 e. The van der Waals surface area contributed by atoms with E-state index >= 15 is 0 Å². The van der Waals surface area contributed by atoms with E-state index in [1.807, 2.05) is 6.92 Å². The van der Waals surface area contributed by atoms with Crippen molar-refractivity contribution in [2.24, 2.45) is 0 Å². The highest BCUT2D eigenvalue weighted by Gasteiger charge is 2.10. The van der Waals surface area contributed by atoms with E-state index in [4.69, 9.17) is 14.6 Å². The first-order valence-corrected chi connectivity index (χ1v) is 7.44. The van der Waals surface area contributed by atoms with Crippen LogP contribution in [0.4, 0.5) is 0 Å². The number of nitrogens with zero attached hydrogens (tertiary/aromatic N) is 4. The lowest BCUT2D eigenvalue weighted by Gasteiger charge is -2.10. The number of ether oxygens (including phenoxy) is 2. The predicted molar refractivity (Wildman–Crippen MR) is 87.7 cm³/mol. The van der Waals surface area contributed by atoms with Crippen LogP contribution in [0.2, 0.25) is 0 Å². The van der Waals surface area contributed by atoms with Crippen LogP contribution in [0.15, 0.2) is 49.2 Å². The van der Waals surface area contributed by atoms with Gasteiger partial charge in [-0.25, -0.2) is 19.7 Å². The number of hydrogen-bond donors (Lipinski definition) is 1. The maximum Gasteiger partial charge on any atom is 0.338 e. The first-order chi connectivity index (χ1) is 12.2. The molecule has 1 N–H and O–H groups in total. The van der Waals surface area contributed by atoms with Crippen molar-refractivity contribution in [3.05, 3.63) is 54.7 Å². The van der Waals surface area contributed by atoms with Crippen molar-refractivity contribution in [1.29, 1.82) is 0 Å². The first-order valence-electron chi connectivity index (χ1n) is 7.44. The lowest BCUT2D eigenvalue weighted by atomic mass is 10.2. The van der Waals surface area contributed by atoms with Gasteiger partial charge in [-0.3, -0.25) is 4.98 Å². The number of carboxylic acids is 1. The molecule has 8 heteroatoms. The van der Waals surface area contributed by atoms with Crippen LogP contribution in [0.5, 0.6) is 17.4 Å². The maximum absolute atomic E-state index is 10.9. The Hall–Kier alpha value is -3.55. The van der Waals surface area contributed by atoms with Gasteiger partial charge < -0.3 is 14.6 Å². The monoisotopic (exact) mass is 338 g/mol. The summed E-state index contributed by atoms with van der Waals surface area (Å²) in [6, 6.07) is 5.20. The standard InChI is InChI=1S/C17H14N4O4/c1-2-24-14-4-3-5-19-16(14)25-13-6-11(7-18-10-13)15-20-8-12(9-21-15)17(22)23/h3-10H,2H2,1H3,(H,22,23). The molecule has 0 aliphatic carbocycles. The number of aromatic carboxylic acids is 1. The van der Waals surface area contributed by atoms with Gasteiger partial charge in [-0.05, 0) is 25.1 Å². The van der Waals surface area contributed by atoms with Crippen LogP contribution in [-0.4, -0.2) is 37.6 Å². The molecule has 3 heterocycles. The molecule has 3 aromatic heterocycles. The largest absolute Gasteiger partial charge is 0.488 e.